The molecule has 104 valence electrons. The average molecular weight is 292 g/mol. The van der Waals surface area contributed by atoms with Gasteiger partial charge in [0.05, 0.1) is 6.10 Å². The molecule has 0 saturated carbocycles. The van der Waals surface area contributed by atoms with Crippen LogP contribution in [0.2, 0.25) is 0 Å². The third kappa shape index (κ3) is 4.41. The molecule has 0 heterocycles. The number of hydrogen-bond acceptors (Lipinski definition) is 1. The Morgan fingerprint density at radius 2 is 1.68 bits per heavy atom. The van der Waals surface area contributed by atoms with Crippen molar-refractivity contribution in [2.75, 3.05) is 0 Å². The summed E-state index contributed by atoms with van der Waals surface area (Å²) in [7, 11) is 0. The van der Waals surface area contributed by atoms with Crippen LogP contribution in [-0.2, 0) is 0 Å². The van der Waals surface area contributed by atoms with Gasteiger partial charge in [-0.1, -0.05) is 19.8 Å². The van der Waals surface area contributed by atoms with Crippen molar-refractivity contribution in [3.05, 3.63) is 34.9 Å². The number of alkyl halides is 1. The van der Waals surface area contributed by atoms with E-state index in [1.54, 1.807) is 6.92 Å². The van der Waals surface area contributed by atoms with Crippen LogP contribution in [0.1, 0.15) is 37.9 Å². The van der Waals surface area contributed by atoms with Crippen LogP contribution in [0, 0.1) is 23.3 Å². The summed E-state index contributed by atoms with van der Waals surface area (Å²) in [5.41, 5.74) is -1.00. The van der Waals surface area contributed by atoms with Crippen molar-refractivity contribution in [2.45, 2.75) is 38.5 Å². The van der Waals surface area contributed by atoms with Gasteiger partial charge in [-0.25, -0.2) is 22.0 Å². The molecule has 0 aliphatic rings. The number of hydrogen-bond donors (Lipinski definition) is 1. The number of aliphatic hydroxyl groups is 1. The van der Waals surface area contributed by atoms with Crippen molar-refractivity contribution < 1.29 is 27.1 Å². The van der Waals surface area contributed by atoms with Crippen molar-refractivity contribution in [3.63, 3.8) is 0 Å². The predicted molar refractivity (Wildman–Crippen MR) is 62.8 cm³/mol. The first kappa shape index (κ1) is 18.8. The van der Waals surface area contributed by atoms with E-state index in [-0.39, 0.29) is 42.0 Å². The number of aliphatic hydroxyl groups excluding tert-OH is 1. The quantitative estimate of drug-likeness (QED) is 0.382. The Kier molecular flexibility index (Phi) is 8.12. The Balaban J connectivity index is 0.00000324. The van der Waals surface area contributed by atoms with Crippen LogP contribution in [0.3, 0.4) is 0 Å². The van der Waals surface area contributed by atoms with Crippen LogP contribution in [0.4, 0.5) is 22.0 Å². The second-order valence-corrected chi connectivity index (χ2v) is 4.00. The van der Waals surface area contributed by atoms with Crippen molar-refractivity contribution >= 4 is 29.6 Å². The zero-order valence-electron chi connectivity index (χ0n) is 9.69. The summed E-state index contributed by atoms with van der Waals surface area (Å²) >= 11 is 0. The van der Waals surface area contributed by atoms with Crippen LogP contribution in [-0.4, -0.2) is 40.8 Å². The molecule has 1 rings (SSSR count). The van der Waals surface area contributed by atoms with Crippen LogP contribution in [0.15, 0.2) is 6.07 Å². The predicted octanol–water partition coefficient (Wildman–Crippen LogP) is 3.16. The van der Waals surface area contributed by atoms with E-state index >= 15 is 0 Å². The summed E-state index contributed by atoms with van der Waals surface area (Å²) in [6, 6.07) is 0.230. The topological polar surface area (TPSA) is 20.2 Å². The second kappa shape index (κ2) is 8.19. The number of benzene rings is 1. The van der Waals surface area contributed by atoms with Crippen LogP contribution < -0.4 is 0 Å². The maximum absolute atomic E-state index is 13.7. The molecule has 0 aliphatic heterocycles. The van der Waals surface area contributed by atoms with E-state index in [0.29, 0.717) is 12.8 Å². The standard InChI is InChI=1S/C12H13F5O.Na.H/c1-2-3-4-8(18)9(14)6-5-7(13)11(16)12(17)10(6)15;;/h5,8-9,18H,2-4H2,1H3;;. The monoisotopic (exact) mass is 292 g/mol. The first-order chi connectivity index (χ1) is 8.40. The molecule has 19 heavy (non-hydrogen) atoms. The Morgan fingerprint density at radius 1 is 1.11 bits per heavy atom. The molecule has 0 amide bonds. The first-order valence-corrected chi connectivity index (χ1v) is 5.55. The van der Waals surface area contributed by atoms with Gasteiger partial charge < -0.3 is 5.11 Å². The molecule has 0 spiro atoms. The molecule has 1 nitrogen and oxygen atoms in total. The minimum atomic E-state index is -2.29. The number of unbranched alkanes of at least 4 members (excludes halogenated alkanes) is 1. The Hall–Kier alpha value is -0.170. The van der Waals surface area contributed by atoms with E-state index in [0.717, 1.165) is 0 Å². The fourth-order valence-corrected chi connectivity index (χ4v) is 1.56. The van der Waals surface area contributed by atoms with E-state index < -0.39 is 41.1 Å². The number of halogens is 5. The van der Waals surface area contributed by atoms with Gasteiger partial charge >= 0.3 is 29.6 Å². The SMILES string of the molecule is CCCCC(O)C(F)c1cc(F)c(F)c(F)c1F.[NaH]. The van der Waals surface area contributed by atoms with E-state index in [2.05, 4.69) is 0 Å². The molecule has 2 unspecified atom stereocenters. The van der Waals surface area contributed by atoms with Crippen LogP contribution in [0.5, 0.6) is 0 Å². The van der Waals surface area contributed by atoms with Gasteiger partial charge in [-0.15, -0.1) is 0 Å². The van der Waals surface area contributed by atoms with E-state index in [9.17, 15) is 27.1 Å². The van der Waals surface area contributed by atoms with Crippen molar-refractivity contribution in [2.24, 2.45) is 0 Å². The molecule has 0 aliphatic carbocycles. The molecule has 1 N–H and O–H groups in total. The first-order valence-electron chi connectivity index (χ1n) is 5.55. The molecule has 1 aromatic carbocycles. The Labute approximate surface area is 130 Å². The summed E-state index contributed by atoms with van der Waals surface area (Å²) in [6.07, 6.45) is -2.68. The second-order valence-electron chi connectivity index (χ2n) is 4.00. The molecule has 7 heteroatoms. The molecule has 0 bridgehead atoms. The molecular formula is C12H14F5NaO. The van der Waals surface area contributed by atoms with E-state index in [4.69, 9.17) is 0 Å². The third-order valence-corrected chi connectivity index (χ3v) is 2.62. The van der Waals surface area contributed by atoms with Gasteiger partial charge in [0.15, 0.2) is 29.4 Å². The summed E-state index contributed by atoms with van der Waals surface area (Å²) < 4.78 is 65.3. The molecular weight excluding hydrogens is 278 g/mol. The zero-order valence-corrected chi connectivity index (χ0v) is 9.69. The molecule has 0 fully saturated rings. The Bertz CT molecular complexity index is 427. The van der Waals surface area contributed by atoms with Crippen molar-refractivity contribution in [1.82, 2.24) is 0 Å². The van der Waals surface area contributed by atoms with Crippen molar-refractivity contribution in [1.29, 1.82) is 0 Å². The van der Waals surface area contributed by atoms with Gasteiger partial charge in [-0.05, 0) is 12.5 Å². The minimum absolute atomic E-state index is 0. The summed E-state index contributed by atoms with van der Waals surface area (Å²) in [4.78, 5) is 0. The van der Waals surface area contributed by atoms with Gasteiger partial charge in [0, 0.05) is 5.56 Å². The molecule has 0 aromatic heterocycles. The van der Waals surface area contributed by atoms with Crippen LogP contribution >= 0.6 is 0 Å². The molecule has 1 aromatic rings. The summed E-state index contributed by atoms with van der Waals surface area (Å²) in [5, 5.41) is 9.40. The normalized spacial score (nSPS) is 13.8. The Morgan fingerprint density at radius 3 is 2.21 bits per heavy atom. The van der Waals surface area contributed by atoms with Gasteiger partial charge in [0.25, 0.3) is 0 Å². The summed E-state index contributed by atoms with van der Waals surface area (Å²) in [5.74, 6) is -7.56. The fraction of sp³-hybridized carbons (Fsp3) is 0.500. The van der Waals surface area contributed by atoms with Gasteiger partial charge in [0.1, 0.15) is 0 Å². The summed E-state index contributed by atoms with van der Waals surface area (Å²) in [6.45, 7) is 1.80. The fourth-order valence-electron chi connectivity index (χ4n) is 1.56. The van der Waals surface area contributed by atoms with E-state index in [1.807, 2.05) is 0 Å². The molecule has 0 saturated heterocycles. The molecule has 0 radical (unpaired) electrons. The van der Waals surface area contributed by atoms with Crippen LogP contribution in [0.25, 0.3) is 0 Å². The van der Waals surface area contributed by atoms with Gasteiger partial charge in [-0.2, -0.15) is 0 Å². The maximum atomic E-state index is 13.7. The van der Waals surface area contributed by atoms with Gasteiger partial charge in [0.2, 0.25) is 0 Å². The van der Waals surface area contributed by atoms with Gasteiger partial charge in [-0.3, -0.25) is 0 Å². The van der Waals surface area contributed by atoms with E-state index in [1.165, 1.54) is 0 Å². The third-order valence-electron chi connectivity index (χ3n) is 2.62. The van der Waals surface area contributed by atoms with Crippen molar-refractivity contribution in [3.8, 4) is 0 Å². The zero-order chi connectivity index (χ0) is 13.9. The molecule has 2 atom stereocenters. The number of rotatable bonds is 5. The average Bonchev–Trinajstić information content (AvgIpc) is 2.36.